The lowest BCUT2D eigenvalue weighted by Gasteiger charge is -2.05. The number of benzene rings is 1. The number of rotatable bonds is 4. The molecule has 0 aliphatic heterocycles. The van der Waals surface area contributed by atoms with E-state index in [1.54, 1.807) is 18.5 Å². The third-order valence-corrected chi connectivity index (χ3v) is 3.03. The zero-order valence-corrected chi connectivity index (χ0v) is 11.4. The van der Waals surface area contributed by atoms with E-state index in [1.165, 1.54) is 5.56 Å². The van der Waals surface area contributed by atoms with E-state index < -0.39 is 0 Å². The number of hydrogen-bond acceptors (Lipinski definition) is 2. The third-order valence-electron chi connectivity index (χ3n) is 2.54. The van der Waals surface area contributed by atoms with Gasteiger partial charge in [-0.2, -0.15) is 0 Å². The van der Waals surface area contributed by atoms with Gasteiger partial charge >= 0.3 is 0 Å². The van der Waals surface area contributed by atoms with Crippen molar-refractivity contribution in [2.45, 2.75) is 6.42 Å². The highest BCUT2D eigenvalue weighted by atomic mass is 79.9. The first-order valence-electron chi connectivity index (χ1n) is 5.68. The normalized spacial score (nSPS) is 10.1. The van der Waals surface area contributed by atoms with E-state index in [2.05, 4.69) is 26.2 Å². The lowest BCUT2D eigenvalue weighted by atomic mass is 10.2. The van der Waals surface area contributed by atoms with Gasteiger partial charge in [-0.05, 0) is 42.3 Å². The van der Waals surface area contributed by atoms with Gasteiger partial charge in [0.15, 0.2) is 0 Å². The Balaban J connectivity index is 1.86. The number of nitrogens with zero attached hydrogens (tertiary/aromatic N) is 1. The van der Waals surface area contributed by atoms with Crippen LogP contribution >= 0.6 is 15.9 Å². The Morgan fingerprint density at radius 1 is 1.22 bits per heavy atom. The second-order valence-electron chi connectivity index (χ2n) is 3.87. The standard InChI is InChI=1S/C14H13BrN2O/c15-13-3-1-2-12(10-13)14(18)17-9-6-11-4-7-16-8-5-11/h1-5,7-8,10H,6,9H2,(H,17,18). The Kier molecular flexibility index (Phi) is 4.47. The molecule has 0 aliphatic rings. The molecule has 0 atom stereocenters. The van der Waals surface area contributed by atoms with E-state index in [0.29, 0.717) is 12.1 Å². The number of amides is 1. The van der Waals surface area contributed by atoms with Crippen molar-refractivity contribution < 1.29 is 4.79 Å². The van der Waals surface area contributed by atoms with Crippen molar-refractivity contribution in [2.75, 3.05) is 6.54 Å². The van der Waals surface area contributed by atoms with Gasteiger partial charge in [0.2, 0.25) is 0 Å². The fourth-order valence-corrected chi connectivity index (χ4v) is 2.00. The summed E-state index contributed by atoms with van der Waals surface area (Å²) < 4.78 is 0.907. The first kappa shape index (κ1) is 12.8. The van der Waals surface area contributed by atoms with Gasteiger partial charge in [0.1, 0.15) is 0 Å². The molecule has 3 nitrogen and oxygen atoms in total. The van der Waals surface area contributed by atoms with Crippen LogP contribution in [0.2, 0.25) is 0 Å². The smallest absolute Gasteiger partial charge is 0.251 e. The van der Waals surface area contributed by atoms with Crippen molar-refractivity contribution in [3.05, 3.63) is 64.4 Å². The number of aromatic nitrogens is 1. The van der Waals surface area contributed by atoms with Crippen LogP contribution in [0.3, 0.4) is 0 Å². The van der Waals surface area contributed by atoms with Crippen LogP contribution in [-0.2, 0) is 6.42 Å². The van der Waals surface area contributed by atoms with Crippen LogP contribution < -0.4 is 5.32 Å². The maximum Gasteiger partial charge on any atom is 0.251 e. The number of carbonyl (C=O) groups is 1. The molecule has 1 aromatic carbocycles. The number of hydrogen-bond donors (Lipinski definition) is 1. The molecule has 0 radical (unpaired) electrons. The Morgan fingerprint density at radius 2 is 2.00 bits per heavy atom. The summed E-state index contributed by atoms with van der Waals surface area (Å²) in [5.74, 6) is -0.0506. The third kappa shape index (κ3) is 3.67. The minimum Gasteiger partial charge on any atom is -0.352 e. The monoisotopic (exact) mass is 304 g/mol. The van der Waals surface area contributed by atoms with Gasteiger partial charge in [0, 0.05) is 29.0 Å². The summed E-state index contributed by atoms with van der Waals surface area (Å²) in [4.78, 5) is 15.8. The summed E-state index contributed by atoms with van der Waals surface area (Å²) in [6, 6.07) is 11.3. The average molecular weight is 305 g/mol. The highest BCUT2D eigenvalue weighted by molar-refractivity contribution is 9.10. The van der Waals surface area contributed by atoms with Gasteiger partial charge in [-0.1, -0.05) is 22.0 Å². The lowest BCUT2D eigenvalue weighted by molar-refractivity contribution is 0.0954. The predicted octanol–water partition coefficient (Wildman–Crippen LogP) is 2.82. The van der Waals surface area contributed by atoms with Crippen LogP contribution in [0, 0.1) is 0 Å². The molecular weight excluding hydrogens is 292 g/mol. The SMILES string of the molecule is O=C(NCCc1ccncc1)c1cccc(Br)c1. The summed E-state index contributed by atoms with van der Waals surface area (Å²) in [5.41, 5.74) is 1.83. The van der Waals surface area contributed by atoms with Crippen molar-refractivity contribution in [3.8, 4) is 0 Å². The van der Waals surface area contributed by atoms with E-state index in [9.17, 15) is 4.79 Å². The Morgan fingerprint density at radius 3 is 2.72 bits per heavy atom. The minimum absolute atomic E-state index is 0.0506. The molecule has 18 heavy (non-hydrogen) atoms. The predicted molar refractivity (Wildman–Crippen MR) is 74.4 cm³/mol. The molecule has 2 aromatic rings. The number of nitrogens with one attached hydrogen (secondary N) is 1. The molecule has 2 rings (SSSR count). The number of halogens is 1. The fraction of sp³-hybridized carbons (Fsp3) is 0.143. The molecule has 1 N–H and O–H groups in total. The van der Waals surface area contributed by atoms with Gasteiger partial charge < -0.3 is 5.32 Å². The first-order chi connectivity index (χ1) is 8.75. The Bertz CT molecular complexity index is 528. The number of pyridine rings is 1. The first-order valence-corrected chi connectivity index (χ1v) is 6.47. The van der Waals surface area contributed by atoms with Crippen molar-refractivity contribution >= 4 is 21.8 Å². The topological polar surface area (TPSA) is 42.0 Å². The van der Waals surface area contributed by atoms with Crippen LogP contribution in [0.15, 0.2) is 53.3 Å². The summed E-state index contributed by atoms with van der Waals surface area (Å²) in [7, 11) is 0. The van der Waals surface area contributed by atoms with E-state index in [-0.39, 0.29) is 5.91 Å². The quantitative estimate of drug-likeness (QED) is 0.944. The van der Waals surface area contributed by atoms with Gasteiger partial charge in [-0.25, -0.2) is 0 Å². The van der Waals surface area contributed by atoms with Crippen LogP contribution in [0.25, 0.3) is 0 Å². The van der Waals surface area contributed by atoms with Gasteiger partial charge in [-0.3, -0.25) is 9.78 Å². The summed E-state index contributed by atoms with van der Waals surface area (Å²) >= 11 is 3.35. The Hall–Kier alpha value is -1.68. The van der Waals surface area contributed by atoms with Crippen LogP contribution in [-0.4, -0.2) is 17.4 Å². The molecule has 0 bridgehead atoms. The second-order valence-corrected chi connectivity index (χ2v) is 4.79. The molecule has 0 saturated heterocycles. The van der Waals surface area contributed by atoms with Crippen molar-refractivity contribution in [3.63, 3.8) is 0 Å². The average Bonchev–Trinajstić information content (AvgIpc) is 2.40. The number of carbonyl (C=O) groups excluding carboxylic acids is 1. The van der Waals surface area contributed by atoms with Crippen molar-refractivity contribution in [1.82, 2.24) is 10.3 Å². The second kappa shape index (κ2) is 6.31. The van der Waals surface area contributed by atoms with Crippen LogP contribution in [0.4, 0.5) is 0 Å². The largest absolute Gasteiger partial charge is 0.352 e. The molecule has 0 spiro atoms. The van der Waals surface area contributed by atoms with Gasteiger partial charge in [0.05, 0.1) is 0 Å². The molecule has 4 heteroatoms. The van der Waals surface area contributed by atoms with Crippen LogP contribution in [0.5, 0.6) is 0 Å². The van der Waals surface area contributed by atoms with E-state index in [0.717, 1.165) is 10.9 Å². The van der Waals surface area contributed by atoms with E-state index >= 15 is 0 Å². The van der Waals surface area contributed by atoms with Gasteiger partial charge in [-0.15, -0.1) is 0 Å². The molecule has 1 aromatic heterocycles. The zero-order chi connectivity index (χ0) is 12.8. The Labute approximate surface area is 114 Å². The molecule has 0 aliphatic carbocycles. The summed E-state index contributed by atoms with van der Waals surface area (Å²) in [5, 5.41) is 2.89. The molecule has 0 fully saturated rings. The molecule has 0 unspecified atom stereocenters. The maximum atomic E-state index is 11.8. The maximum absolute atomic E-state index is 11.8. The fourth-order valence-electron chi connectivity index (χ4n) is 1.60. The van der Waals surface area contributed by atoms with Crippen molar-refractivity contribution in [1.29, 1.82) is 0 Å². The van der Waals surface area contributed by atoms with E-state index in [1.807, 2.05) is 30.3 Å². The molecule has 92 valence electrons. The summed E-state index contributed by atoms with van der Waals surface area (Å²) in [6.45, 7) is 0.620. The zero-order valence-electron chi connectivity index (χ0n) is 9.77. The van der Waals surface area contributed by atoms with Gasteiger partial charge in [0.25, 0.3) is 5.91 Å². The molecular formula is C14H13BrN2O. The minimum atomic E-state index is -0.0506. The molecule has 1 heterocycles. The lowest BCUT2D eigenvalue weighted by Crippen LogP contribution is -2.25. The van der Waals surface area contributed by atoms with E-state index in [4.69, 9.17) is 0 Å². The van der Waals surface area contributed by atoms with Crippen LogP contribution in [0.1, 0.15) is 15.9 Å². The highest BCUT2D eigenvalue weighted by Crippen LogP contribution is 2.11. The molecule has 1 amide bonds. The highest BCUT2D eigenvalue weighted by Gasteiger charge is 2.04. The summed E-state index contributed by atoms with van der Waals surface area (Å²) in [6.07, 6.45) is 4.32. The molecule has 0 saturated carbocycles. The van der Waals surface area contributed by atoms with Crippen molar-refractivity contribution in [2.24, 2.45) is 0 Å².